The molecule has 0 aromatic carbocycles. The third-order valence-electron chi connectivity index (χ3n) is 3.43. The maximum absolute atomic E-state index is 11.7. The van der Waals surface area contributed by atoms with E-state index < -0.39 is 23.4 Å². The van der Waals surface area contributed by atoms with Crippen molar-refractivity contribution in [3.8, 4) is 0 Å². The molecule has 1 saturated heterocycles. The van der Waals surface area contributed by atoms with E-state index in [4.69, 9.17) is 10.5 Å². The van der Waals surface area contributed by atoms with Crippen LogP contribution in [0.4, 0.5) is 5.82 Å². The van der Waals surface area contributed by atoms with Crippen molar-refractivity contribution >= 4 is 5.82 Å². The normalized spacial score (nSPS) is 31.7. The van der Waals surface area contributed by atoms with Crippen molar-refractivity contribution < 1.29 is 14.9 Å². The second-order valence-electron chi connectivity index (χ2n) is 4.82. The highest BCUT2D eigenvalue weighted by atomic mass is 16.5. The number of anilines is 1. The second kappa shape index (κ2) is 4.68. The van der Waals surface area contributed by atoms with Crippen LogP contribution >= 0.6 is 0 Å². The number of aliphatic hydroxyl groups excluding tert-OH is 2. The molecule has 0 amide bonds. The molecule has 0 radical (unpaired) electrons. The smallest absolute Gasteiger partial charge is 0.351 e. The highest BCUT2D eigenvalue weighted by Crippen LogP contribution is 2.42. The lowest BCUT2D eigenvalue weighted by atomic mass is 9.84. The molecular weight excluding hydrogens is 238 g/mol. The summed E-state index contributed by atoms with van der Waals surface area (Å²) in [6.45, 7) is 1.49. The van der Waals surface area contributed by atoms with Crippen LogP contribution in [0.3, 0.4) is 0 Å². The van der Waals surface area contributed by atoms with Crippen molar-refractivity contribution in [2.45, 2.75) is 25.7 Å². The molecule has 2 rings (SSSR count). The molecule has 18 heavy (non-hydrogen) atoms. The zero-order valence-electron chi connectivity index (χ0n) is 10.1. The van der Waals surface area contributed by atoms with Gasteiger partial charge in [-0.15, -0.1) is 0 Å². The number of nitrogens with two attached hydrogens (primary N) is 1. The Hall–Kier alpha value is -1.44. The summed E-state index contributed by atoms with van der Waals surface area (Å²) in [6, 6.07) is 1.51. The van der Waals surface area contributed by atoms with Crippen molar-refractivity contribution in [1.29, 1.82) is 0 Å². The molecule has 7 nitrogen and oxygen atoms in total. The molecule has 1 aliphatic heterocycles. The van der Waals surface area contributed by atoms with Crippen molar-refractivity contribution in [1.82, 2.24) is 9.55 Å². The summed E-state index contributed by atoms with van der Waals surface area (Å²) in [6.07, 6.45) is 0.893. The molecule has 0 saturated carbocycles. The summed E-state index contributed by atoms with van der Waals surface area (Å²) in [4.78, 5) is 15.3. The van der Waals surface area contributed by atoms with E-state index in [1.165, 1.54) is 16.8 Å². The summed E-state index contributed by atoms with van der Waals surface area (Å²) >= 11 is 0. The van der Waals surface area contributed by atoms with Crippen LogP contribution in [0.5, 0.6) is 0 Å². The van der Waals surface area contributed by atoms with Gasteiger partial charge in [0.25, 0.3) is 0 Å². The molecule has 100 valence electrons. The molecule has 2 heterocycles. The van der Waals surface area contributed by atoms with Crippen LogP contribution in [-0.2, 0) is 4.74 Å². The van der Waals surface area contributed by atoms with Crippen LogP contribution in [-0.4, -0.2) is 39.1 Å². The van der Waals surface area contributed by atoms with E-state index >= 15 is 0 Å². The van der Waals surface area contributed by atoms with Crippen molar-refractivity contribution in [2.24, 2.45) is 5.41 Å². The zero-order chi connectivity index (χ0) is 13.3. The Morgan fingerprint density at radius 2 is 2.39 bits per heavy atom. The van der Waals surface area contributed by atoms with Crippen molar-refractivity contribution in [2.75, 3.05) is 18.9 Å². The van der Waals surface area contributed by atoms with E-state index in [9.17, 15) is 15.0 Å². The fourth-order valence-corrected chi connectivity index (χ4v) is 2.17. The number of nitrogen functional groups attached to an aromatic ring is 1. The minimum Gasteiger partial charge on any atom is -0.396 e. The maximum Gasteiger partial charge on any atom is 0.351 e. The fourth-order valence-electron chi connectivity index (χ4n) is 2.17. The van der Waals surface area contributed by atoms with Gasteiger partial charge in [0.1, 0.15) is 12.0 Å². The van der Waals surface area contributed by atoms with Gasteiger partial charge in [0.2, 0.25) is 0 Å². The summed E-state index contributed by atoms with van der Waals surface area (Å²) in [5, 5.41) is 18.6. The standard InChI is InChI=1S/C11H17N3O4/c1-11(6-16)4-9(18-7(11)5-15)14-3-2-8(12)13-10(14)17/h2-3,7,9,15-16H,4-6H2,1H3,(H2,12,13,17)/t7-,9?,11+/m1/s1. The van der Waals surface area contributed by atoms with Crippen molar-refractivity contribution in [3.63, 3.8) is 0 Å². The largest absolute Gasteiger partial charge is 0.396 e. The number of aliphatic hydroxyl groups is 2. The Kier molecular flexibility index (Phi) is 3.38. The molecule has 1 aromatic rings. The number of aromatic nitrogens is 2. The van der Waals surface area contributed by atoms with Crippen molar-refractivity contribution in [3.05, 3.63) is 22.7 Å². The van der Waals surface area contributed by atoms with E-state index in [2.05, 4.69) is 4.98 Å². The minimum absolute atomic E-state index is 0.119. The lowest BCUT2D eigenvalue weighted by molar-refractivity contribution is -0.0541. The number of hydrogen-bond acceptors (Lipinski definition) is 6. The molecule has 0 aliphatic carbocycles. The van der Waals surface area contributed by atoms with E-state index in [1.807, 2.05) is 6.92 Å². The second-order valence-corrected chi connectivity index (χ2v) is 4.82. The first-order valence-electron chi connectivity index (χ1n) is 5.72. The summed E-state index contributed by atoms with van der Waals surface area (Å²) in [5.74, 6) is 0.151. The van der Waals surface area contributed by atoms with Gasteiger partial charge in [-0.25, -0.2) is 4.79 Å². The molecule has 1 unspecified atom stereocenters. The van der Waals surface area contributed by atoms with Gasteiger partial charge in [0.15, 0.2) is 0 Å². The fraction of sp³-hybridized carbons (Fsp3) is 0.636. The van der Waals surface area contributed by atoms with Crippen LogP contribution in [0.1, 0.15) is 19.6 Å². The Labute approximate surface area is 104 Å². The van der Waals surface area contributed by atoms with E-state index in [-0.39, 0.29) is 19.0 Å². The van der Waals surface area contributed by atoms with E-state index in [1.54, 1.807) is 0 Å². The lowest BCUT2D eigenvalue weighted by Crippen LogP contribution is -2.34. The van der Waals surface area contributed by atoms with E-state index in [0.717, 1.165) is 0 Å². The molecular formula is C11H17N3O4. The van der Waals surface area contributed by atoms with Crippen LogP contribution in [0, 0.1) is 5.41 Å². The first kappa shape index (κ1) is 13.0. The van der Waals surface area contributed by atoms with Gasteiger partial charge < -0.3 is 20.7 Å². The third-order valence-corrected chi connectivity index (χ3v) is 3.43. The average molecular weight is 255 g/mol. The molecule has 4 N–H and O–H groups in total. The maximum atomic E-state index is 11.7. The van der Waals surface area contributed by atoms with Crippen LogP contribution in [0.15, 0.2) is 17.1 Å². The summed E-state index contributed by atoms with van der Waals surface area (Å²) in [7, 11) is 0. The summed E-state index contributed by atoms with van der Waals surface area (Å²) in [5.41, 5.74) is 4.34. The predicted molar refractivity (Wildman–Crippen MR) is 63.7 cm³/mol. The number of ether oxygens (including phenoxy) is 1. The number of hydrogen-bond donors (Lipinski definition) is 3. The van der Waals surface area contributed by atoms with Crippen LogP contribution in [0.2, 0.25) is 0 Å². The Morgan fingerprint density at radius 1 is 1.67 bits per heavy atom. The molecule has 7 heteroatoms. The third kappa shape index (κ3) is 2.12. The molecule has 0 spiro atoms. The molecule has 3 atom stereocenters. The molecule has 1 aliphatic rings. The Bertz CT molecular complexity index is 489. The SMILES string of the molecule is C[C@@]1(CO)CC(n2ccc(N)nc2=O)O[C@@H]1CO. The van der Waals surface area contributed by atoms with Gasteiger partial charge in [0.05, 0.1) is 19.3 Å². The van der Waals surface area contributed by atoms with E-state index in [0.29, 0.717) is 6.42 Å². The highest BCUT2D eigenvalue weighted by molar-refractivity contribution is 5.23. The molecule has 1 fully saturated rings. The van der Waals surface area contributed by atoms with Gasteiger partial charge in [-0.3, -0.25) is 4.57 Å². The number of rotatable bonds is 3. The molecule has 0 bridgehead atoms. The van der Waals surface area contributed by atoms with Gasteiger partial charge >= 0.3 is 5.69 Å². The van der Waals surface area contributed by atoms with Gasteiger partial charge in [-0.2, -0.15) is 4.98 Å². The predicted octanol–water partition coefficient (Wildman–Crippen LogP) is -0.896. The topological polar surface area (TPSA) is 111 Å². The van der Waals surface area contributed by atoms with Gasteiger partial charge in [0, 0.05) is 18.0 Å². The summed E-state index contributed by atoms with van der Waals surface area (Å²) < 4.78 is 6.92. The van der Waals surface area contributed by atoms with Gasteiger partial charge in [-0.1, -0.05) is 6.92 Å². The highest BCUT2D eigenvalue weighted by Gasteiger charge is 2.45. The lowest BCUT2D eigenvalue weighted by Gasteiger charge is -2.25. The monoisotopic (exact) mass is 255 g/mol. The van der Waals surface area contributed by atoms with Crippen LogP contribution < -0.4 is 11.4 Å². The average Bonchev–Trinajstić information content (AvgIpc) is 2.67. The Morgan fingerprint density at radius 3 is 2.89 bits per heavy atom. The number of nitrogens with zero attached hydrogens (tertiary/aromatic N) is 2. The van der Waals surface area contributed by atoms with Crippen LogP contribution in [0.25, 0.3) is 0 Å². The first-order chi connectivity index (χ1) is 8.50. The quantitative estimate of drug-likeness (QED) is 0.646. The minimum atomic E-state index is -0.569. The molecule has 1 aromatic heterocycles. The Balaban J connectivity index is 2.29. The van der Waals surface area contributed by atoms with Gasteiger partial charge in [-0.05, 0) is 6.07 Å². The first-order valence-corrected chi connectivity index (χ1v) is 5.72. The zero-order valence-corrected chi connectivity index (χ0v) is 10.1.